The van der Waals surface area contributed by atoms with Crippen molar-refractivity contribution in [2.45, 2.75) is 20.3 Å². The molecule has 0 aliphatic carbocycles. The summed E-state index contributed by atoms with van der Waals surface area (Å²) in [5, 5.41) is 0. The predicted octanol–water partition coefficient (Wildman–Crippen LogP) is 1.27. The number of aromatic nitrogens is 1. The van der Waals surface area contributed by atoms with E-state index in [4.69, 9.17) is 11.6 Å². The number of rotatable bonds is 2. The molecule has 1 aromatic rings. The third kappa shape index (κ3) is 0.895. The molecule has 1 aliphatic heterocycles. The van der Waals surface area contributed by atoms with E-state index in [1.54, 1.807) is 0 Å². The van der Waals surface area contributed by atoms with Crippen molar-refractivity contribution >= 4 is 11.5 Å². The monoisotopic (exact) mass is 193 g/mol. The fraction of sp³-hybridized carbons (Fsp3) is 0.400. The third-order valence-electron chi connectivity index (χ3n) is 3.04. The molecule has 0 bridgehead atoms. The molecule has 1 aliphatic rings. The number of aromatic amines is 1. The molecule has 0 aromatic carbocycles. The number of allylic oxidation sites excluding steroid dienone is 1. The van der Waals surface area contributed by atoms with Crippen LogP contribution in [-0.4, -0.2) is 11.5 Å². The first-order valence-corrected chi connectivity index (χ1v) is 4.99. The normalized spacial score (nSPS) is 25.6. The van der Waals surface area contributed by atoms with Crippen molar-refractivity contribution in [1.82, 2.24) is 9.58 Å². The van der Waals surface area contributed by atoms with Gasteiger partial charge >= 0.3 is 0 Å². The number of nitrogens with two attached hydrogens (primary N) is 2. The Labute approximate surface area is 83.8 Å². The second kappa shape index (κ2) is 2.87. The highest BCUT2D eigenvalue weighted by Crippen LogP contribution is 2.40. The van der Waals surface area contributed by atoms with E-state index in [2.05, 4.69) is 18.8 Å². The number of fused-ring (bicyclic) bond motifs is 1. The van der Waals surface area contributed by atoms with E-state index in [0.717, 1.165) is 35.7 Å². The third-order valence-corrected chi connectivity index (χ3v) is 3.04. The molecular weight excluding hydrogens is 176 g/mol. The second-order valence-electron chi connectivity index (χ2n) is 3.64. The molecule has 4 heteroatoms. The summed E-state index contributed by atoms with van der Waals surface area (Å²) < 4.78 is 0.338. The molecule has 2 heterocycles. The standard InChI is InChI=1S/C10H17N4/c1-3-8-9(11)7-5-6-13-10(7)14(8,12)4-2/h5-6,13H,3-4,11-12H2,1-2H3/q+1. The van der Waals surface area contributed by atoms with Crippen LogP contribution in [0.25, 0.3) is 5.70 Å². The predicted molar refractivity (Wildman–Crippen MR) is 58.7 cm³/mol. The maximum atomic E-state index is 6.33. The molecule has 4 nitrogen and oxygen atoms in total. The number of nitrogens with one attached hydrogen (secondary N) is 1. The quantitative estimate of drug-likeness (QED) is 0.489. The molecule has 14 heavy (non-hydrogen) atoms. The van der Waals surface area contributed by atoms with Crippen LogP contribution < -0.4 is 16.2 Å². The maximum Gasteiger partial charge on any atom is 0.239 e. The molecule has 1 aromatic heterocycles. The number of H-pyrrole nitrogens is 1. The van der Waals surface area contributed by atoms with Gasteiger partial charge in [-0.3, -0.25) is 0 Å². The number of hydrogen-bond donors (Lipinski definition) is 3. The summed E-state index contributed by atoms with van der Waals surface area (Å²) in [4.78, 5) is 3.18. The van der Waals surface area contributed by atoms with E-state index in [9.17, 15) is 0 Å². The molecular formula is C10H17N4+. The minimum Gasteiger partial charge on any atom is -0.393 e. The van der Waals surface area contributed by atoms with Crippen molar-refractivity contribution in [1.29, 1.82) is 0 Å². The van der Waals surface area contributed by atoms with Crippen LogP contribution in [0.2, 0.25) is 0 Å². The SMILES string of the molecule is CCC1=C(N)c2cc[nH]c2[N+]1(N)CC. The lowest BCUT2D eigenvalue weighted by Gasteiger charge is -2.27. The topological polar surface area (TPSA) is 67.8 Å². The van der Waals surface area contributed by atoms with Crippen molar-refractivity contribution in [3.05, 3.63) is 23.5 Å². The smallest absolute Gasteiger partial charge is 0.239 e. The Morgan fingerprint density at radius 2 is 2.14 bits per heavy atom. The average molecular weight is 193 g/mol. The molecule has 0 spiro atoms. The summed E-state index contributed by atoms with van der Waals surface area (Å²) in [5.41, 5.74) is 9.07. The van der Waals surface area contributed by atoms with E-state index in [-0.39, 0.29) is 0 Å². The summed E-state index contributed by atoms with van der Waals surface area (Å²) in [6.07, 6.45) is 2.78. The lowest BCUT2D eigenvalue weighted by molar-refractivity contribution is 0.362. The zero-order valence-corrected chi connectivity index (χ0v) is 8.67. The number of hydrogen-bond acceptors (Lipinski definition) is 2. The molecule has 5 N–H and O–H groups in total. The van der Waals surface area contributed by atoms with Gasteiger partial charge in [0.25, 0.3) is 0 Å². The van der Waals surface area contributed by atoms with Crippen LogP contribution >= 0.6 is 0 Å². The van der Waals surface area contributed by atoms with Crippen molar-refractivity contribution in [2.75, 3.05) is 6.54 Å². The first kappa shape index (κ1) is 9.30. The summed E-state index contributed by atoms with van der Waals surface area (Å²) in [7, 11) is 0. The summed E-state index contributed by atoms with van der Waals surface area (Å²) >= 11 is 0. The van der Waals surface area contributed by atoms with Gasteiger partial charge in [0.1, 0.15) is 12.2 Å². The first-order chi connectivity index (χ1) is 6.65. The Balaban J connectivity index is 2.64. The van der Waals surface area contributed by atoms with E-state index in [1.165, 1.54) is 0 Å². The summed E-state index contributed by atoms with van der Waals surface area (Å²) in [6, 6.07) is 1.99. The lowest BCUT2D eigenvalue weighted by Crippen LogP contribution is -2.53. The molecule has 0 fully saturated rings. The molecule has 0 saturated heterocycles. The Kier molecular flexibility index (Phi) is 1.90. The van der Waals surface area contributed by atoms with Crippen molar-refractivity contribution < 1.29 is 0 Å². The summed E-state index contributed by atoms with van der Waals surface area (Å²) in [5.74, 6) is 7.34. The van der Waals surface area contributed by atoms with Crippen LogP contribution in [0.1, 0.15) is 25.8 Å². The Hall–Kier alpha value is -1.26. The zero-order chi connectivity index (χ0) is 10.3. The van der Waals surface area contributed by atoms with Gasteiger partial charge in [0.2, 0.25) is 5.82 Å². The summed E-state index contributed by atoms with van der Waals surface area (Å²) in [6.45, 7) is 4.97. The van der Waals surface area contributed by atoms with Crippen LogP contribution in [0.3, 0.4) is 0 Å². The lowest BCUT2D eigenvalue weighted by atomic mass is 10.2. The van der Waals surface area contributed by atoms with Gasteiger partial charge in [-0.2, -0.15) is 10.4 Å². The van der Waals surface area contributed by atoms with Gasteiger partial charge in [0.05, 0.1) is 5.56 Å². The highest BCUT2D eigenvalue weighted by Gasteiger charge is 2.42. The van der Waals surface area contributed by atoms with Crippen LogP contribution in [0.15, 0.2) is 18.0 Å². The van der Waals surface area contributed by atoms with Gasteiger partial charge in [-0.05, 0) is 13.0 Å². The van der Waals surface area contributed by atoms with Gasteiger partial charge in [-0.15, -0.1) is 0 Å². The minimum atomic E-state index is 0.338. The molecule has 1 unspecified atom stereocenters. The largest absolute Gasteiger partial charge is 0.393 e. The van der Waals surface area contributed by atoms with Gasteiger partial charge in [-0.25, -0.2) is 0 Å². The molecule has 76 valence electrons. The molecule has 0 radical (unpaired) electrons. The van der Waals surface area contributed by atoms with E-state index in [0.29, 0.717) is 4.59 Å². The van der Waals surface area contributed by atoms with Gasteiger partial charge in [0, 0.05) is 12.6 Å². The van der Waals surface area contributed by atoms with E-state index < -0.39 is 0 Å². The van der Waals surface area contributed by atoms with Crippen LogP contribution in [0.5, 0.6) is 0 Å². The Morgan fingerprint density at radius 3 is 2.71 bits per heavy atom. The van der Waals surface area contributed by atoms with Crippen molar-refractivity contribution in [3.63, 3.8) is 0 Å². The zero-order valence-electron chi connectivity index (χ0n) is 8.67. The molecule has 0 saturated carbocycles. The van der Waals surface area contributed by atoms with Crippen molar-refractivity contribution in [2.24, 2.45) is 11.6 Å². The fourth-order valence-corrected chi connectivity index (χ4v) is 2.24. The van der Waals surface area contributed by atoms with Gasteiger partial charge in [-0.1, -0.05) is 6.92 Å². The van der Waals surface area contributed by atoms with Gasteiger partial charge < -0.3 is 10.7 Å². The van der Waals surface area contributed by atoms with Crippen molar-refractivity contribution in [3.8, 4) is 0 Å². The van der Waals surface area contributed by atoms with Crippen LogP contribution in [-0.2, 0) is 0 Å². The first-order valence-electron chi connectivity index (χ1n) is 4.99. The Bertz CT molecular complexity index is 391. The fourth-order valence-electron chi connectivity index (χ4n) is 2.24. The van der Waals surface area contributed by atoms with Crippen LogP contribution in [0, 0.1) is 0 Å². The highest BCUT2D eigenvalue weighted by molar-refractivity contribution is 5.81. The maximum absolute atomic E-state index is 6.33. The molecule has 0 amide bonds. The minimum absolute atomic E-state index is 0.338. The highest BCUT2D eigenvalue weighted by atomic mass is 15.6. The second-order valence-corrected chi connectivity index (χ2v) is 3.64. The van der Waals surface area contributed by atoms with E-state index in [1.807, 2.05) is 12.3 Å². The molecule has 2 rings (SSSR count). The number of nitrogens with zero attached hydrogens (tertiary/aromatic N) is 1. The number of quaternary nitrogens is 1. The average Bonchev–Trinajstić information content (AvgIpc) is 2.72. The molecule has 1 atom stereocenters. The van der Waals surface area contributed by atoms with Gasteiger partial charge in [0.15, 0.2) is 5.70 Å². The van der Waals surface area contributed by atoms with E-state index >= 15 is 0 Å². The Morgan fingerprint density at radius 1 is 1.43 bits per heavy atom. The van der Waals surface area contributed by atoms with Crippen LogP contribution in [0.4, 0.5) is 5.82 Å².